The van der Waals surface area contributed by atoms with Crippen LogP contribution in [-0.4, -0.2) is 46.4 Å². The first-order valence-corrected chi connectivity index (χ1v) is 10.1. The molecule has 1 amide bonds. The van der Waals surface area contributed by atoms with Gasteiger partial charge in [0.05, 0.1) is 19.3 Å². The van der Waals surface area contributed by atoms with Crippen molar-refractivity contribution in [3.8, 4) is 5.75 Å². The highest BCUT2D eigenvalue weighted by Gasteiger charge is 2.14. The summed E-state index contributed by atoms with van der Waals surface area (Å²) in [6.07, 6.45) is 10.9. The molecule has 2 rings (SSSR count). The predicted molar refractivity (Wildman–Crippen MR) is 115 cm³/mol. The number of rotatable bonds is 10. The zero-order chi connectivity index (χ0) is 20.4. The molecule has 1 aromatic rings. The molecule has 1 aliphatic rings. The lowest BCUT2D eigenvalue weighted by Crippen LogP contribution is -2.41. The molecule has 0 bridgehead atoms. The molecule has 0 aliphatic carbocycles. The summed E-state index contributed by atoms with van der Waals surface area (Å²) < 4.78 is 10.6. The first-order valence-electron chi connectivity index (χ1n) is 10.1. The summed E-state index contributed by atoms with van der Waals surface area (Å²) in [7, 11) is 3.22. The van der Waals surface area contributed by atoms with E-state index in [1.165, 1.54) is 0 Å². The van der Waals surface area contributed by atoms with Crippen LogP contribution >= 0.6 is 0 Å². The van der Waals surface area contributed by atoms with Gasteiger partial charge in [0.2, 0.25) is 0 Å². The van der Waals surface area contributed by atoms with E-state index in [1.807, 2.05) is 25.1 Å². The van der Waals surface area contributed by atoms with Crippen LogP contribution in [0.5, 0.6) is 5.75 Å². The first kappa shape index (κ1) is 22.2. The monoisotopic (exact) mass is 386 g/mol. The van der Waals surface area contributed by atoms with Gasteiger partial charge in [0.15, 0.2) is 0 Å². The lowest BCUT2D eigenvalue weighted by molar-refractivity contribution is 0.0934. The van der Waals surface area contributed by atoms with E-state index in [-0.39, 0.29) is 5.91 Å². The lowest BCUT2D eigenvalue weighted by Gasteiger charge is -2.25. The average molecular weight is 387 g/mol. The van der Waals surface area contributed by atoms with E-state index in [0.29, 0.717) is 30.4 Å². The van der Waals surface area contributed by atoms with Gasteiger partial charge in [0, 0.05) is 18.9 Å². The molecule has 0 aromatic heterocycles. The normalized spacial score (nSPS) is 17.0. The number of allylic oxidation sites excluding steroid dienone is 2. The van der Waals surface area contributed by atoms with E-state index in [4.69, 9.17) is 9.47 Å². The molecule has 0 radical (unpaired) electrons. The van der Waals surface area contributed by atoms with Gasteiger partial charge in [-0.15, -0.1) is 0 Å². The fraction of sp³-hybridized carbons (Fsp3) is 0.522. The highest BCUT2D eigenvalue weighted by molar-refractivity contribution is 5.97. The molecule has 28 heavy (non-hydrogen) atoms. The molecular formula is C23H34N2O3. The van der Waals surface area contributed by atoms with Gasteiger partial charge in [-0.3, -0.25) is 4.79 Å². The molecule has 1 fully saturated rings. The molecule has 1 atom stereocenters. The molecule has 1 aliphatic heterocycles. The smallest absolute Gasteiger partial charge is 0.255 e. The van der Waals surface area contributed by atoms with Gasteiger partial charge < -0.3 is 20.1 Å². The zero-order valence-electron chi connectivity index (χ0n) is 17.6. The van der Waals surface area contributed by atoms with Crippen molar-refractivity contribution in [2.45, 2.75) is 26.7 Å². The molecular weight excluding hydrogens is 352 g/mol. The van der Waals surface area contributed by atoms with Crippen molar-refractivity contribution in [2.75, 3.05) is 40.5 Å². The maximum absolute atomic E-state index is 12.5. The number of methoxy groups -OCH3 is 2. The second kappa shape index (κ2) is 11.7. The summed E-state index contributed by atoms with van der Waals surface area (Å²) >= 11 is 0. The Kier molecular flexibility index (Phi) is 9.24. The minimum atomic E-state index is -0.148. The Balaban J connectivity index is 2.13. The van der Waals surface area contributed by atoms with Crippen LogP contribution in [-0.2, 0) is 4.74 Å². The van der Waals surface area contributed by atoms with Crippen LogP contribution in [0, 0.1) is 11.8 Å². The van der Waals surface area contributed by atoms with Crippen LogP contribution < -0.4 is 25.8 Å². The van der Waals surface area contributed by atoms with Gasteiger partial charge in [-0.1, -0.05) is 37.3 Å². The van der Waals surface area contributed by atoms with E-state index >= 15 is 0 Å². The number of hydrogen-bond donors (Lipinski definition) is 2. The third kappa shape index (κ3) is 6.21. The van der Waals surface area contributed by atoms with Crippen LogP contribution in [0.4, 0.5) is 0 Å². The number of carbonyl (C=O) groups excluding carboxylic acids is 1. The topological polar surface area (TPSA) is 59.6 Å². The second-order valence-corrected chi connectivity index (χ2v) is 7.29. The molecule has 0 spiro atoms. The maximum atomic E-state index is 12.5. The highest BCUT2D eigenvalue weighted by atomic mass is 16.5. The maximum Gasteiger partial charge on any atom is 0.255 e. The largest absolute Gasteiger partial charge is 0.495 e. The van der Waals surface area contributed by atoms with Crippen molar-refractivity contribution in [1.82, 2.24) is 10.6 Å². The van der Waals surface area contributed by atoms with Gasteiger partial charge in [-0.05, 0) is 56.0 Å². The summed E-state index contributed by atoms with van der Waals surface area (Å²) in [6.45, 7) is 7.44. The van der Waals surface area contributed by atoms with E-state index in [2.05, 4.69) is 35.8 Å². The molecule has 154 valence electrons. The van der Waals surface area contributed by atoms with Gasteiger partial charge in [-0.2, -0.15) is 0 Å². The molecule has 1 heterocycles. The number of hydrogen-bond acceptors (Lipinski definition) is 4. The third-order valence-electron chi connectivity index (χ3n) is 5.07. The average Bonchev–Trinajstić information content (AvgIpc) is 2.67. The molecule has 2 N–H and O–H groups in total. The summed E-state index contributed by atoms with van der Waals surface area (Å²) in [5, 5.41) is 8.21. The number of carbonyl (C=O) groups is 1. The summed E-state index contributed by atoms with van der Waals surface area (Å²) in [5.41, 5.74) is 0.547. The van der Waals surface area contributed by atoms with Crippen molar-refractivity contribution in [3.05, 3.63) is 40.3 Å². The van der Waals surface area contributed by atoms with Gasteiger partial charge in [0.25, 0.3) is 5.91 Å². The molecule has 1 saturated heterocycles. The zero-order valence-corrected chi connectivity index (χ0v) is 17.6. The van der Waals surface area contributed by atoms with E-state index in [9.17, 15) is 4.79 Å². The standard InChI is InChI=1S/C23H34N2O3/c1-5-20-19(10-9-17(2)7-6-8-18-15-24-16-18)11-12-21(22(20)28-4)23(26)25-13-14-27-3/h5-7,10-12,17-18,24H,8-9,13-16H2,1-4H3,(H,25,26). The van der Waals surface area contributed by atoms with Crippen molar-refractivity contribution in [3.63, 3.8) is 0 Å². The SMILES string of the molecule is CC=c1c(OC)c(C(=O)NCCOC)ccc1=CCC(C)C=CCC1CNC1. The number of amides is 1. The Bertz CT molecular complexity index is 782. The Morgan fingerprint density at radius 1 is 1.36 bits per heavy atom. The Morgan fingerprint density at radius 3 is 2.75 bits per heavy atom. The molecule has 5 nitrogen and oxygen atoms in total. The molecule has 5 heteroatoms. The highest BCUT2D eigenvalue weighted by Crippen LogP contribution is 2.13. The summed E-state index contributed by atoms with van der Waals surface area (Å²) in [5.74, 6) is 1.75. The van der Waals surface area contributed by atoms with Crippen LogP contribution in [0.2, 0.25) is 0 Å². The van der Waals surface area contributed by atoms with Crippen LogP contribution in [0.1, 0.15) is 37.0 Å². The second-order valence-electron chi connectivity index (χ2n) is 7.29. The van der Waals surface area contributed by atoms with Crippen LogP contribution in [0.3, 0.4) is 0 Å². The van der Waals surface area contributed by atoms with E-state index in [1.54, 1.807) is 14.2 Å². The van der Waals surface area contributed by atoms with Crippen molar-refractivity contribution in [2.24, 2.45) is 11.8 Å². The molecule has 1 aromatic carbocycles. The van der Waals surface area contributed by atoms with Crippen molar-refractivity contribution >= 4 is 18.1 Å². The number of nitrogens with one attached hydrogen (secondary N) is 2. The quantitative estimate of drug-likeness (QED) is 0.476. The lowest BCUT2D eigenvalue weighted by atomic mass is 9.97. The van der Waals surface area contributed by atoms with Gasteiger partial charge >= 0.3 is 0 Å². The number of benzene rings is 1. The fourth-order valence-electron chi connectivity index (χ4n) is 3.26. The van der Waals surface area contributed by atoms with E-state index in [0.717, 1.165) is 42.3 Å². The molecule has 1 unspecified atom stereocenters. The molecule has 0 saturated carbocycles. The summed E-state index contributed by atoms with van der Waals surface area (Å²) in [4.78, 5) is 12.5. The third-order valence-corrected chi connectivity index (χ3v) is 5.07. The minimum absolute atomic E-state index is 0.148. The Labute approximate surface area is 168 Å². The first-order chi connectivity index (χ1) is 13.6. The van der Waals surface area contributed by atoms with Crippen molar-refractivity contribution < 1.29 is 14.3 Å². The Hall–Kier alpha value is -2.11. The van der Waals surface area contributed by atoms with E-state index < -0.39 is 0 Å². The van der Waals surface area contributed by atoms with Gasteiger partial charge in [-0.25, -0.2) is 0 Å². The number of ether oxygens (including phenoxy) is 2. The van der Waals surface area contributed by atoms with Crippen LogP contribution in [0.25, 0.3) is 12.2 Å². The minimum Gasteiger partial charge on any atom is -0.495 e. The fourth-order valence-corrected chi connectivity index (χ4v) is 3.26. The Morgan fingerprint density at radius 2 is 2.14 bits per heavy atom. The predicted octanol–water partition coefficient (Wildman–Crippen LogP) is 1.84. The van der Waals surface area contributed by atoms with Gasteiger partial charge in [0.1, 0.15) is 5.75 Å². The summed E-state index contributed by atoms with van der Waals surface area (Å²) in [6, 6.07) is 3.84. The van der Waals surface area contributed by atoms with Crippen molar-refractivity contribution in [1.29, 1.82) is 0 Å². The van der Waals surface area contributed by atoms with Crippen LogP contribution in [0.15, 0.2) is 24.3 Å².